The number of aromatic hydroxyl groups is 1. The van der Waals surface area contributed by atoms with Gasteiger partial charge in [-0.15, -0.1) is 0 Å². The number of hydrogen-bond acceptors (Lipinski definition) is 8. The van der Waals surface area contributed by atoms with Crippen molar-refractivity contribution < 1.29 is 27.8 Å². The van der Waals surface area contributed by atoms with E-state index in [0.29, 0.717) is 33.5 Å². The lowest BCUT2D eigenvalue weighted by Gasteiger charge is -2.14. The van der Waals surface area contributed by atoms with E-state index < -0.39 is 21.6 Å². The van der Waals surface area contributed by atoms with Crippen LogP contribution in [0, 0.1) is 0 Å². The number of nitrogens with zero attached hydrogens (tertiary/aromatic N) is 2. The molecule has 4 aromatic carbocycles. The van der Waals surface area contributed by atoms with Crippen molar-refractivity contribution in [3.8, 4) is 17.3 Å². The zero-order chi connectivity index (χ0) is 30.6. The monoisotopic (exact) mass is 597 g/mol. The van der Waals surface area contributed by atoms with Crippen molar-refractivity contribution in [2.75, 3.05) is 18.4 Å². The summed E-state index contributed by atoms with van der Waals surface area (Å²) < 4.78 is 40.2. The molecule has 1 aromatic heterocycles. The number of aromatic nitrogens is 1. The molecule has 0 aliphatic rings. The predicted molar refractivity (Wildman–Crippen MR) is 165 cm³/mol. The van der Waals surface area contributed by atoms with Gasteiger partial charge in [0.25, 0.3) is 15.6 Å². The number of hydrogen-bond donors (Lipinski definition) is 2. The molecule has 218 valence electrons. The van der Waals surface area contributed by atoms with Gasteiger partial charge in [-0.05, 0) is 67.6 Å². The minimum Gasteiger partial charge on any atom is -0.495 e. The molecule has 0 amide bonds. The van der Waals surface area contributed by atoms with Gasteiger partial charge < -0.3 is 14.6 Å². The first-order chi connectivity index (χ1) is 20.7. The van der Waals surface area contributed by atoms with Gasteiger partial charge in [-0.2, -0.15) is 0 Å². The minimum atomic E-state index is -3.99. The van der Waals surface area contributed by atoms with Gasteiger partial charge in [-0.1, -0.05) is 36.4 Å². The van der Waals surface area contributed by atoms with E-state index >= 15 is 0 Å². The molecule has 0 aliphatic carbocycles. The Morgan fingerprint density at radius 2 is 1.65 bits per heavy atom. The van der Waals surface area contributed by atoms with E-state index in [0.717, 1.165) is 4.57 Å². The number of esters is 1. The lowest BCUT2D eigenvalue weighted by molar-refractivity contribution is 0.0526. The van der Waals surface area contributed by atoms with Crippen LogP contribution < -0.4 is 15.0 Å². The Hall–Kier alpha value is -5.42. The lowest BCUT2D eigenvalue weighted by atomic mass is 10.1. The van der Waals surface area contributed by atoms with E-state index in [9.17, 15) is 23.1 Å². The second kappa shape index (κ2) is 12.2. The summed E-state index contributed by atoms with van der Waals surface area (Å²) in [6.45, 7) is 1.93. The fourth-order valence-corrected chi connectivity index (χ4v) is 5.60. The number of fused-ring (bicyclic) bond motifs is 1. The molecule has 0 saturated carbocycles. The minimum absolute atomic E-state index is 0.0335. The van der Waals surface area contributed by atoms with Crippen LogP contribution in [0.3, 0.4) is 0 Å². The first kappa shape index (κ1) is 29.1. The van der Waals surface area contributed by atoms with Crippen LogP contribution in [0.25, 0.3) is 16.5 Å². The molecular formula is C32H27N3O7S. The molecule has 5 aromatic rings. The third-order valence-corrected chi connectivity index (χ3v) is 7.93. The molecular weight excluding hydrogens is 570 g/mol. The van der Waals surface area contributed by atoms with Crippen molar-refractivity contribution in [1.82, 2.24) is 4.57 Å². The molecule has 10 nitrogen and oxygen atoms in total. The number of para-hydroxylation sites is 2. The molecule has 0 unspecified atom stereocenters. The topological polar surface area (TPSA) is 136 Å². The largest absolute Gasteiger partial charge is 0.495 e. The van der Waals surface area contributed by atoms with Crippen LogP contribution in [0.15, 0.2) is 112 Å². The average molecular weight is 598 g/mol. The molecule has 0 saturated heterocycles. The zero-order valence-electron chi connectivity index (χ0n) is 23.2. The SMILES string of the molecule is CCOC(=O)c1ccc(-n2c(O)c(C=Nc3cccc(S(=O)(=O)Nc4ccccc4OC)c3)c3ccccc3c2=O)cc1. The van der Waals surface area contributed by atoms with Crippen molar-refractivity contribution in [2.24, 2.45) is 4.99 Å². The number of carbonyl (C=O) groups is 1. The maximum atomic E-state index is 13.4. The van der Waals surface area contributed by atoms with E-state index in [1.54, 1.807) is 67.6 Å². The second-order valence-electron chi connectivity index (χ2n) is 9.25. The summed E-state index contributed by atoms with van der Waals surface area (Å²) in [5, 5.41) is 12.1. The highest BCUT2D eigenvalue weighted by Crippen LogP contribution is 2.29. The summed E-state index contributed by atoms with van der Waals surface area (Å²) >= 11 is 0. The van der Waals surface area contributed by atoms with Crippen LogP contribution in [-0.2, 0) is 14.8 Å². The molecule has 43 heavy (non-hydrogen) atoms. The number of pyridine rings is 1. The van der Waals surface area contributed by atoms with E-state index in [1.807, 2.05) is 0 Å². The van der Waals surface area contributed by atoms with Gasteiger partial charge in [0.15, 0.2) is 0 Å². The number of ether oxygens (including phenoxy) is 2. The van der Waals surface area contributed by atoms with Gasteiger partial charge in [0.05, 0.1) is 46.8 Å². The van der Waals surface area contributed by atoms with E-state index in [4.69, 9.17) is 9.47 Å². The molecule has 0 spiro atoms. The molecule has 0 fully saturated rings. The summed E-state index contributed by atoms with van der Waals surface area (Å²) in [6, 6.07) is 25.5. The second-order valence-corrected chi connectivity index (χ2v) is 10.9. The van der Waals surface area contributed by atoms with E-state index in [-0.39, 0.29) is 28.6 Å². The van der Waals surface area contributed by atoms with Crippen molar-refractivity contribution >= 4 is 44.4 Å². The van der Waals surface area contributed by atoms with Crippen molar-refractivity contribution in [3.63, 3.8) is 0 Å². The third-order valence-electron chi connectivity index (χ3n) is 6.56. The molecule has 2 N–H and O–H groups in total. The zero-order valence-corrected chi connectivity index (χ0v) is 24.0. The summed E-state index contributed by atoms with van der Waals surface area (Å²) in [6.07, 6.45) is 1.37. The Kier molecular flexibility index (Phi) is 8.26. The van der Waals surface area contributed by atoms with E-state index in [1.165, 1.54) is 49.7 Å². The number of nitrogens with one attached hydrogen (secondary N) is 1. The molecule has 1 heterocycles. The predicted octanol–water partition coefficient (Wildman–Crippen LogP) is 5.43. The van der Waals surface area contributed by atoms with Gasteiger partial charge in [0, 0.05) is 17.0 Å². The fraction of sp³-hybridized carbons (Fsp3) is 0.0938. The maximum absolute atomic E-state index is 13.4. The normalized spacial score (nSPS) is 11.5. The number of methoxy groups -OCH3 is 1. The standard InChI is InChI=1S/C32H27N3O7S/c1-3-42-32(38)21-15-17-23(18-16-21)35-30(36)26-12-5-4-11-25(26)27(31(35)37)20-33-22-9-8-10-24(19-22)43(39,40)34-28-13-6-7-14-29(28)41-2/h4-20,34,37H,3H2,1-2H3. The number of benzene rings is 4. The van der Waals surface area contributed by atoms with Crippen molar-refractivity contribution in [2.45, 2.75) is 11.8 Å². The van der Waals surface area contributed by atoms with Crippen LogP contribution in [-0.4, -0.2) is 44.0 Å². The summed E-state index contributed by atoms with van der Waals surface area (Å²) in [4.78, 5) is 29.9. The smallest absolute Gasteiger partial charge is 0.338 e. The lowest BCUT2D eigenvalue weighted by Crippen LogP contribution is -2.20. The van der Waals surface area contributed by atoms with Crippen LogP contribution in [0.4, 0.5) is 11.4 Å². The van der Waals surface area contributed by atoms with Crippen LogP contribution >= 0.6 is 0 Å². The van der Waals surface area contributed by atoms with Gasteiger partial charge in [0.1, 0.15) is 5.75 Å². The number of sulfonamides is 1. The summed E-state index contributed by atoms with van der Waals surface area (Å²) in [5.41, 5.74) is 0.979. The molecule has 0 aliphatic heterocycles. The van der Waals surface area contributed by atoms with Gasteiger partial charge in [-0.25, -0.2) is 17.8 Å². The molecule has 5 rings (SSSR count). The number of aliphatic imine (C=N–C) groups is 1. The molecule has 0 atom stereocenters. The number of rotatable bonds is 9. The summed E-state index contributed by atoms with van der Waals surface area (Å²) in [7, 11) is -2.54. The van der Waals surface area contributed by atoms with Crippen molar-refractivity contribution in [3.05, 3.63) is 119 Å². The van der Waals surface area contributed by atoms with Gasteiger partial charge in [0.2, 0.25) is 5.88 Å². The Bertz CT molecular complexity index is 2020. The number of anilines is 1. The van der Waals surface area contributed by atoms with Gasteiger partial charge >= 0.3 is 5.97 Å². The average Bonchev–Trinajstić information content (AvgIpc) is 3.02. The maximum Gasteiger partial charge on any atom is 0.338 e. The summed E-state index contributed by atoms with van der Waals surface area (Å²) in [5.74, 6) is -0.509. The Morgan fingerprint density at radius 3 is 2.37 bits per heavy atom. The van der Waals surface area contributed by atoms with Crippen LogP contribution in [0.5, 0.6) is 11.6 Å². The highest BCUT2D eigenvalue weighted by atomic mass is 32.2. The van der Waals surface area contributed by atoms with E-state index in [2.05, 4.69) is 9.71 Å². The first-order valence-electron chi connectivity index (χ1n) is 13.2. The van der Waals surface area contributed by atoms with Crippen molar-refractivity contribution in [1.29, 1.82) is 0 Å². The number of carbonyl (C=O) groups excluding carboxylic acids is 1. The molecule has 0 radical (unpaired) electrons. The van der Waals surface area contributed by atoms with Gasteiger partial charge in [-0.3, -0.25) is 14.5 Å². The fourth-order valence-electron chi connectivity index (χ4n) is 4.49. The van der Waals surface area contributed by atoms with Crippen LogP contribution in [0.1, 0.15) is 22.8 Å². The Morgan fingerprint density at radius 1 is 0.953 bits per heavy atom. The first-order valence-corrected chi connectivity index (χ1v) is 14.7. The van der Waals surface area contributed by atoms with Crippen LogP contribution in [0.2, 0.25) is 0 Å². The molecule has 11 heteroatoms. The third kappa shape index (κ3) is 5.97. The Labute approximate surface area is 247 Å². The Balaban J connectivity index is 1.54. The highest BCUT2D eigenvalue weighted by molar-refractivity contribution is 7.92. The molecule has 0 bridgehead atoms. The quantitative estimate of drug-likeness (QED) is 0.171. The highest BCUT2D eigenvalue weighted by Gasteiger charge is 2.19.